The molecule has 0 unspecified atom stereocenters. The number of rotatable bonds is 3. The first-order valence-electron chi connectivity index (χ1n) is 8.53. The molecule has 0 atom stereocenters. The van der Waals surface area contributed by atoms with Crippen LogP contribution < -0.4 is 0 Å². The highest BCUT2D eigenvalue weighted by atomic mass is 19.1. The van der Waals surface area contributed by atoms with Crippen LogP contribution in [-0.2, 0) is 0 Å². The van der Waals surface area contributed by atoms with E-state index < -0.39 is 17.5 Å². The van der Waals surface area contributed by atoms with Gasteiger partial charge in [-0.15, -0.1) is 0 Å². The Hall–Kier alpha value is -3.33. The lowest BCUT2D eigenvalue weighted by atomic mass is 9.97. The topological polar surface area (TPSA) is 0 Å². The van der Waals surface area contributed by atoms with Gasteiger partial charge in [-0.3, -0.25) is 0 Å². The summed E-state index contributed by atoms with van der Waals surface area (Å²) in [4.78, 5) is 0. The Morgan fingerprint density at radius 1 is 0.407 bits per heavy atom. The van der Waals surface area contributed by atoms with Crippen molar-refractivity contribution in [2.45, 2.75) is 0 Å². The summed E-state index contributed by atoms with van der Waals surface area (Å²) in [6, 6.07) is 24.6. The maximum Gasteiger partial charge on any atom is 0.131 e. The van der Waals surface area contributed by atoms with Crippen molar-refractivity contribution >= 4 is 0 Å². The maximum absolute atomic E-state index is 14.7. The largest absolute Gasteiger partial charge is 0.207 e. The third-order valence-electron chi connectivity index (χ3n) is 4.49. The molecule has 0 fully saturated rings. The van der Waals surface area contributed by atoms with Gasteiger partial charge in [0, 0.05) is 11.1 Å². The van der Waals surface area contributed by atoms with E-state index in [0.29, 0.717) is 16.7 Å². The van der Waals surface area contributed by atoms with Crippen LogP contribution in [0, 0.1) is 17.5 Å². The first-order valence-corrected chi connectivity index (χ1v) is 8.53. The zero-order valence-electron chi connectivity index (χ0n) is 14.3. The zero-order chi connectivity index (χ0) is 18.8. The first kappa shape index (κ1) is 17.1. The van der Waals surface area contributed by atoms with Crippen LogP contribution in [0.15, 0.2) is 91.0 Å². The van der Waals surface area contributed by atoms with Crippen LogP contribution in [0.1, 0.15) is 0 Å². The second-order valence-corrected chi connectivity index (χ2v) is 6.27. The highest BCUT2D eigenvalue weighted by Gasteiger charge is 2.12. The van der Waals surface area contributed by atoms with Gasteiger partial charge in [0.15, 0.2) is 0 Å². The Kier molecular flexibility index (Phi) is 4.51. The minimum Gasteiger partial charge on any atom is -0.207 e. The summed E-state index contributed by atoms with van der Waals surface area (Å²) in [5.41, 5.74) is 3.15. The molecule has 0 aliphatic heterocycles. The Labute approximate surface area is 155 Å². The molecule has 0 spiro atoms. The molecular weight excluding hydrogens is 345 g/mol. The summed E-state index contributed by atoms with van der Waals surface area (Å²) in [5.74, 6) is -1.38. The van der Waals surface area contributed by atoms with Gasteiger partial charge in [0.1, 0.15) is 17.5 Å². The number of hydrogen-bond donors (Lipinski definition) is 0. The molecule has 0 bridgehead atoms. The minimum absolute atomic E-state index is 0.277. The van der Waals surface area contributed by atoms with Crippen molar-refractivity contribution in [2.24, 2.45) is 0 Å². The summed E-state index contributed by atoms with van der Waals surface area (Å²) in [5, 5.41) is 0. The zero-order valence-corrected chi connectivity index (χ0v) is 14.3. The molecule has 132 valence electrons. The maximum atomic E-state index is 14.7. The van der Waals surface area contributed by atoms with E-state index in [1.165, 1.54) is 30.3 Å². The third kappa shape index (κ3) is 3.49. The van der Waals surface area contributed by atoms with Crippen LogP contribution in [-0.4, -0.2) is 0 Å². The van der Waals surface area contributed by atoms with Crippen LogP contribution in [0.2, 0.25) is 0 Å². The Bertz CT molecular complexity index is 1100. The van der Waals surface area contributed by atoms with Gasteiger partial charge in [0.05, 0.1) is 0 Å². The number of halogens is 3. The highest BCUT2D eigenvalue weighted by molar-refractivity contribution is 5.74. The Morgan fingerprint density at radius 3 is 1.59 bits per heavy atom. The van der Waals surface area contributed by atoms with E-state index in [4.69, 9.17) is 0 Å². The Balaban J connectivity index is 1.71. The predicted molar refractivity (Wildman–Crippen MR) is 103 cm³/mol. The van der Waals surface area contributed by atoms with Gasteiger partial charge in [-0.05, 0) is 46.5 Å². The molecule has 0 N–H and O–H groups in total. The van der Waals surface area contributed by atoms with Crippen molar-refractivity contribution in [3.63, 3.8) is 0 Å². The van der Waals surface area contributed by atoms with Gasteiger partial charge in [0.25, 0.3) is 0 Å². The van der Waals surface area contributed by atoms with Crippen LogP contribution in [0.25, 0.3) is 33.4 Å². The molecule has 0 saturated heterocycles. The molecule has 0 heterocycles. The molecule has 0 nitrogen and oxygen atoms in total. The van der Waals surface area contributed by atoms with E-state index in [1.54, 1.807) is 24.3 Å². The van der Waals surface area contributed by atoms with Gasteiger partial charge in [-0.2, -0.15) is 0 Å². The average molecular weight is 360 g/mol. The summed E-state index contributed by atoms with van der Waals surface area (Å²) >= 11 is 0. The van der Waals surface area contributed by atoms with Crippen LogP contribution in [0.3, 0.4) is 0 Å². The molecule has 0 saturated carbocycles. The standard InChI is InChI=1S/C24H15F3/c25-20-8-4-7-18(13-20)21-12-10-19(15-24(21)27)22-11-9-17(14-23(22)26)16-5-2-1-3-6-16/h1-15H. The molecule has 0 radical (unpaired) electrons. The summed E-state index contributed by atoms with van der Waals surface area (Å²) in [7, 11) is 0. The molecule has 4 aromatic carbocycles. The van der Waals surface area contributed by atoms with Crippen molar-refractivity contribution in [3.05, 3.63) is 108 Å². The van der Waals surface area contributed by atoms with Crippen molar-refractivity contribution < 1.29 is 13.2 Å². The van der Waals surface area contributed by atoms with Crippen molar-refractivity contribution in [1.29, 1.82) is 0 Å². The fraction of sp³-hybridized carbons (Fsp3) is 0. The molecular formula is C24H15F3. The van der Waals surface area contributed by atoms with E-state index in [9.17, 15) is 13.2 Å². The molecule has 4 aromatic rings. The molecule has 27 heavy (non-hydrogen) atoms. The molecule has 3 heteroatoms. The molecule has 0 aromatic heterocycles. The fourth-order valence-electron chi connectivity index (χ4n) is 3.13. The summed E-state index contributed by atoms with van der Waals surface area (Å²) < 4.78 is 42.6. The van der Waals surface area contributed by atoms with E-state index in [2.05, 4.69) is 0 Å². The normalized spacial score (nSPS) is 10.8. The van der Waals surface area contributed by atoms with E-state index >= 15 is 0 Å². The molecule has 0 aliphatic carbocycles. The highest BCUT2D eigenvalue weighted by Crippen LogP contribution is 2.31. The number of benzene rings is 4. The second kappa shape index (κ2) is 7.12. The fourth-order valence-corrected chi connectivity index (χ4v) is 3.13. The second-order valence-electron chi connectivity index (χ2n) is 6.27. The van der Waals surface area contributed by atoms with Gasteiger partial charge in [-0.25, -0.2) is 13.2 Å². The molecule has 0 aliphatic rings. The van der Waals surface area contributed by atoms with Gasteiger partial charge < -0.3 is 0 Å². The monoisotopic (exact) mass is 360 g/mol. The van der Waals surface area contributed by atoms with E-state index in [0.717, 1.165) is 11.1 Å². The average Bonchev–Trinajstić information content (AvgIpc) is 2.68. The van der Waals surface area contributed by atoms with Crippen molar-refractivity contribution in [1.82, 2.24) is 0 Å². The smallest absolute Gasteiger partial charge is 0.131 e. The summed E-state index contributed by atoms with van der Waals surface area (Å²) in [6.07, 6.45) is 0. The van der Waals surface area contributed by atoms with Crippen LogP contribution in [0.4, 0.5) is 13.2 Å². The van der Waals surface area contributed by atoms with Gasteiger partial charge in [-0.1, -0.05) is 66.7 Å². The quantitative estimate of drug-likeness (QED) is 0.365. The van der Waals surface area contributed by atoms with E-state index in [-0.39, 0.29) is 5.56 Å². The minimum atomic E-state index is -0.523. The third-order valence-corrected chi connectivity index (χ3v) is 4.49. The first-order chi connectivity index (χ1) is 13.1. The molecule has 0 amide bonds. The van der Waals surface area contributed by atoms with Crippen LogP contribution in [0.5, 0.6) is 0 Å². The lowest BCUT2D eigenvalue weighted by Crippen LogP contribution is -1.90. The lowest BCUT2D eigenvalue weighted by Gasteiger charge is -2.09. The van der Waals surface area contributed by atoms with Crippen molar-refractivity contribution in [3.8, 4) is 33.4 Å². The van der Waals surface area contributed by atoms with Gasteiger partial charge >= 0.3 is 0 Å². The van der Waals surface area contributed by atoms with Crippen LogP contribution >= 0.6 is 0 Å². The molecule has 4 rings (SSSR count). The van der Waals surface area contributed by atoms with E-state index in [1.807, 2.05) is 36.4 Å². The van der Waals surface area contributed by atoms with Crippen molar-refractivity contribution in [2.75, 3.05) is 0 Å². The summed E-state index contributed by atoms with van der Waals surface area (Å²) in [6.45, 7) is 0. The Morgan fingerprint density at radius 2 is 0.963 bits per heavy atom. The SMILES string of the molecule is Fc1cccc(-c2ccc(-c3ccc(-c4ccccc4)cc3F)cc2F)c1. The lowest BCUT2D eigenvalue weighted by molar-refractivity contribution is 0.624. The van der Waals surface area contributed by atoms with Gasteiger partial charge in [0.2, 0.25) is 0 Å². The predicted octanol–water partition coefficient (Wildman–Crippen LogP) is 7.10. The number of hydrogen-bond acceptors (Lipinski definition) is 0.